The SMILES string of the molecule is CCCn1nccc1CN1CCCC(C(C)N)C1. The summed E-state index contributed by atoms with van der Waals surface area (Å²) in [5.74, 6) is 0.654. The summed E-state index contributed by atoms with van der Waals surface area (Å²) in [6.45, 7) is 8.69. The highest BCUT2D eigenvalue weighted by molar-refractivity contribution is 5.01. The van der Waals surface area contributed by atoms with Crippen LogP contribution >= 0.6 is 0 Å². The van der Waals surface area contributed by atoms with Crippen molar-refractivity contribution < 1.29 is 0 Å². The van der Waals surface area contributed by atoms with Gasteiger partial charge < -0.3 is 5.73 Å². The standard InChI is InChI=1S/C14H26N4/c1-3-8-18-14(6-7-16-18)11-17-9-4-5-13(10-17)12(2)15/h6-7,12-13H,3-5,8-11,15H2,1-2H3. The first kappa shape index (κ1) is 13.6. The maximum Gasteiger partial charge on any atom is 0.0524 e. The van der Waals surface area contributed by atoms with Crippen LogP contribution in [-0.2, 0) is 13.1 Å². The van der Waals surface area contributed by atoms with E-state index in [0.717, 1.165) is 26.1 Å². The zero-order chi connectivity index (χ0) is 13.0. The zero-order valence-electron chi connectivity index (χ0n) is 11.7. The number of hydrogen-bond acceptors (Lipinski definition) is 3. The molecule has 102 valence electrons. The molecule has 1 saturated heterocycles. The highest BCUT2D eigenvalue weighted by atomic mass is 15.3. The van der Waals surface area contributed by atoms with Gasteiger partial charge in [-0.25, -0.2) is 0 Å². The second-order valence-corrected chi connectivity index (χ2v) is 5.54. The molecule has 1 fully saturated rings. The minimum absolute atomic E-state index is 0.313. The Morgan fingerprint density at radius 3 is 3.11 bits per heavy atom. The molecule has 4 heteroatoms. The number of piperidine rings is 1. The predicted octanol–water partition coefficient (Wildman–Crippen LogP) is 1.85. The molecule has 2 unspecified atom stereocenters. The molecule has 0 amide bonds. The Kier molecular flexibility index (Phi) is 4.78. The third kappa shape index (κ3) is 3.33. The number of likely N-dealkylation sites (tertiary alicyclic amines) is 1. The minimum Gasteiger partial charge on any atom is -0.328 e. The molecule has 4 nitrogen and oxygen atoms in total. The highest BCUT2D eigenvalue weighted by Crippen LogP contribution is 2.20. The first-order valence-corrected chi connectivity index (χ1v) is 7.19. The fourth-order valence-electron chi connectivity index (χ4n) is 2.80. The molecule has 2 heterocycles. The van der Waals surface area contributed by atoms with Gasteiger partial charge >= 0.3 is 0 Å². The smallest absolute Gasteiger partial charge is 0.0524 e. The number of nitrogens with zero attached hydrogens (tertiary/aromatic N) is 3. The van der Waals surface area contributed by atoms with Crippen LogP contribution in [0.1, 0.15) is 38.8 Å². The molecule has 2 N–H and O–H groups in total. The zero-order valence-corrected chi connectivity index (χ0v) is 11.7. The average molecular weight is 250 g/mol. The lowest BCUT2D eigenvalue weighted by Crippen LogP contribution is -2.42. The lowest BCUT2D eigenvalue weighted by molar-refractivity contribution is 0.150. The molecule has 0 aliphatic carbocycles. The van der Waals surface area contributed by atoms with Crippen LogP contribution in [0.4, 0.5) is 0 Å². The minimum atomic E-state index is 0.313. The van der Waals surface area contributed by atoms with E-state index >= 15 is 0 Å². The lowest BCUT2D eigenvalue weighted by Gasteiger charge is -2.34. The van der Waals surface area contributed by atoms with Gasteiger partial charge in [0.1, 0.15) is 0 Å². The summed E-state index contributed by atoms with van der Waals surface area (Å²) in [4.78, 5) is 2.53. The number of aryl methyl sites for hydroxylation is 1. The second kappa shape index (κ2) is 6.34. The van der Waals surface area contributed by atoms with E-state index in [4.69, 9.17) is 5.73 Å². The largest absolute Gasteiger partial charge is 0.328 e. The maximum absolute atomic E-state index is 6.04. The first-order valence-electron chi connectivity index (χ1n) is 7.19. The molecule has 0 spiro atoms. The van der Waals surface area contributed by atoms with Crippen molar-refractivity contribution >= 4 is 0 Å². The summed E-state index contributed by atoms with van der Waals surface area (Å²) in [6.07, 6.45) is 5.60. The van der Waals surface area contributed by atoms with Gasteiger partial charge in [0, 0.05) is 31.9 Å². The van der Waals surface area contributed by atoms with Gasteiger partial charge in [-0.2, -0.15) is 5.10 Å². The Morgan fingerprint density at radius 1 is 1.56 bits per heavy atom. The Balaban J connectivity index is 1.94. The number of nitrogens with two attached hydrogens (primary N) is 1. The van der Waals surface area contributed by atoms with Crippen LogP contribution in [0, 0.1) is 5.92 Å². The fourth-order valence-corrected chi connectivity index (χ4v) is 2.80. The van der Waals surface area contributed by atoms with Crippen molar-refractivity contribution in [2.45, 2.75) is 52.2 Å². The van der Waals surface area contributed by atoms with Crippen LogP contribution < -0.4 is 5.73 Å². The molecule has 1 aromatic rings. The summed E-state index contributed by atoms with van der Waals surface area (Å²) in [5, 5.41) is 4.39. The lowest BCUT2D eigenvalue weighted by atomic mass is 9.92. The van der Waals surface area contributed by atoms with Crippen molar-refractivity contribution in [2.24, 2.45) is 11.7 Å². The van der Waals surface area contributed by atoms with Gasteiger partial charge in [0.05, 0.1) is 5.69 Å². The predicted molar refractivity (Wildman–Crippen MR) is 74.2 cm³/mol. The monoisotopic (exact) mass is 250 g/mol. The van der Waals surface area contributed by atoms with Gasteiger partial charge in [0.2, 0.25) is 0 Å². The Hall–Kier alpha value is -0.870. The van der Waals surface area contributed by atoms with E-state index < -0.39 is 0 Å². The second-order valence-electron chi connectivity index (χ2n) is 5.54. The Bertz CT molecular complexity index is 358. The van der Waals surface area contributed by atoms with Gasteiger partial charge in [0.25, 0.3) is 0 Å². The number of aromatic nitrogens is 2. The van der Waals surface area contributed by atoms with E-state index in [2.05, 4.69) is 34.6 Å². The maximum atomic E-state index is 6.04. The van der Waals surface area contributed by atoms with Crippen molar-refractivity contribution in [1.29, 1.82) is 0 Å². The first-order chi connectivity index (χ1) is 8.70. The van der Waals surface area contributed by atoms with Crippen LogP contribution in [0.15, 0.2) is 12.3 Å². The molecule has 0 aromatic carbocycles. The van der Waals surface area contributed by atoms with E-state index in [0.29, 0.717) is 12.0 Å². The third-order valence-corrected chi connectivity index (χ3v) is 3.91. The van der Waals surface area contributed by atoms with Crippen LogP contribution in [0.3, 0.4) is 0 Å². The average Bonchev–Trinajstić information content (AvgIpc) is 2.77. The van der Waals surface area contributed by atoms with E-state index in [9.17, 15) is 0 Å². The van der Waals surface area contributed by atoms with Gasteiger partial charge in [-0.1, -0.05) is 6.92 Å². The molecule has 0 bridgehead atoms. The van der Waals surface area contributed by atoms with Crippen LogP contribution in [0.5, 0.6) is 0 Å². The quantitative estimate of drug-likeness (QED) is 0.867. The van der Waals surface area contributed by atoms with Crippen molar-refractivity contribution in [3.8, 4) is 0 Å². The fraction of sp³-hybridized carbons (Fsp3) is 0.786. The van der Waals surface area contributed by atoms with Crippen LogP contribution in [0.2, 0.25) is 0 Å². The van der Waals surface area contributed by atoms with Crippen molar-refractivity contribution in [3.63, 3.8) is 0 Å². The van der Waals surface area contributed by atoms with Crippen LogP contribution in [-0.4, -0.2) is 33.8 Å². The molecule has 2 atom stereocenters. The van der Waals surface area contributed by atoms with E-state index in [1.807, 2.05) is 6.20 Å². The summed E-state index contributed by atoms with van der Waals surface area (Å²) in [5.41, 5.74) is 7.37. The van der Waals surface area contributed by atoms with Gasteiger partial charge in [-0.15, -0.1) is 0 Å². The third-order valence-electron chi connectivity index (χ3n) is 3.91. The van der Waals surface area contributed by atoms with Crippen molar-refractivity contribution in [1.82, 2.24) is 14.7 Å². The molecule has 1 aliphatic rings. The highest BCUT2D eigenvalue weighted by Gasteiger charge is 2.23. The summed E-state index contributed by atoms with van der Waals surface area (Å²) in [6, 6.07) is 2.46. The summed E-state index contributed by atoms with van der Waals surface area (Å²) in [7, 11) is 0. The number of hydrogen-bond donors (Lipinski definition) is 1. The molecule has 2 rings (SSSR count). The topological polar surface area (TPSA) is 47.1 Å². The van der Waals surface area contributed by atoms with E-state index in [1.54, 1.807) is 0 Å². The van der Waals surface area contributed by atoms with Gasteiger partial charge in [0.15, 0.2) is 0 Å². The van der Waals surface area contributed by atoms with E-state index in [1.165, 1.54) is 25.1 Å². The molecule has 0 radical (unpaired) electrons. The van der Waals surface area contributed by atoms with Crippen molar-refractivity contribution in [3.05, 3.63) is 18.0 Å². The van der Waals surface area contributed by atoms with Gasteiger partial charge in [-0.05, 0) is 44.7 Å². The summed E-state index contributed by atoms with van der Waals surface area (Å²) >= 11 is 0. The van der Waals surface area contributed by atoms with Crippen LogP contribution in [0.25, 0.3) is 0 Å². The van der Waals surface area contributed by atoms with E-state index in [-0.39, 0.29) is 0 Å². The Morgan fingerprint density at radius 2 is 2.39 bits per heavy atom. The number of rotatable bonds is 5. The summed E-state index contributed by atoms with van der Waals surface area (Å²) < 4.78 is 2.13. The van der Waals surface area contributed by atoms with Gasteiger partial charge in [-0.3, -0.25) is 9.58 Å². The normalized spacial score (nSPS) is 23.2. The molecular weight excluding hydrogens is 224 g/mol. The molecule has 1 aliphatic heterocycles. The molecular formula is C14H26N4. The Labute approximate surface area is 110 Å². The van der Waals surface area contributed by atoms with Crippen molar-refractivity contribution in [2.75, 3.05) is 13.1 Å². The molecule has 18 heavy (non-hydrogen) atoms. The molecule has 1 aromatic heterocycles. The molecule has 0 saturated carbocycles.